The molecule has 0 aliphatic heterocycles. The Balaban J connectivity index is 1.60. The van der Waals surface area contributed by atoms with Crippen LogP contribution in [0.3, 0.4) is 0 Å². The van der Waals surface area contributed by atoms with Crippen LogP contribution in [0, 0.1) is 13.8 Å². The van der Waals surface area contributed by atoms with Gasteiger partial charge in [0.05, 0.1) is 11.3 Å². The molecule has 0 aliphatic rings. The van der Waals surface area contributed by atoms with Crippen molar-refractivity contribution in [2.75, 3.05) is 11.1 Å². The molecule has 7 nitrogen and oxygen atoms in total. The number of carbonyl (C=O) groups is 2. The number of hydrogen-bond donors (Lipinski definition) is 2. The van der Waals surface area contributed by atoms with Crippen LogP contribution in [0.5, 0.6) is 0 Å². The van der Waals surface area contributed by atoms with E-state index in [0.29, 0.717) is 21.5 Å². The van der Waals surface area contributed by atoms with E-state index in [0.717, 1.165) is 22.4 Å². The lowest BCUT2D eigenvalue weighted by molar-refractivity contribution is -0.113. The summed E-state index contributed by atoms with van der Waals surface area (Å²) in [5.41, 5.74) is 9.80. The van der Waals surface area contributed by atoms with E-state index < -0.39 is 5.91 Å². The van der Waals surface area contributed by atoms with E-state index in [1.807, 2.05) is 66.9 Å². The molecule has 162 valence electrons. The highest BCUT2D eigenvalue weighted by atomic mass is 32.2. The average Bonchev–Trinajstić information content (AvgIpc) is 3.40. The first-order valence-corrected chi connectivity index (χ1v) is 11.7. The van der Waals surface area contributed by atoms with Gasteiger partial charge in [-0.15, -0.1) is 21.5 Å². The number of nitrogens with two attached hydrogens (primary N) is 1. The molecule has 0 bridgehead atoms. The number of anilines is 1. The van der Waals surface area contributed by atoms with Crippen LogP contribution in [0.1, 0.15) is 21.5 Å². The molecule has 4 aromatic rings. The molecule has 0 radical (unpaired) electrons. The molecule has 0 aliphatic carbocycles. The summed E-state index contributed by atoms with van der Waals surface area (Å²) in [4.78, 5) is 24.0. The van der Waals surface area contributed by atoms with Gasteiger partial charge >= 0.3 is 0 Å². The van der Waals surface area contributed by atoms with E-state index in [1.165, 1.54) is 23.1 Å². The third kappa shape index (κ3) is 4.74. The second-order valence-corrected chi connectivity index (χ2v) is 9.07. The predicted molar refractivity (Wildman–Crippen MR) is 128 cm³/mol. The number of thiophene rings is 1. The van der Waals surface area contributed by atoms with Crippen LogP contribution in [0.25, 0.3) is 17.1 Å². The van der Waals surface area contributed by atoms with Gasteiger partial charge in [0.15, 0.2) is 11.0 Å². The van der Waals surface area contributed by atoms with Crippen molar-refractivity contribution in [1.82, 2.24) is 14.8 Å². The Hall–Kier alpha value is -3.43. The molecule has 4 rings (SSSR count). The van der Waals surface area contributed by atoms with E-state index in [9.17, 15) is 9.59 Å². The maximum Gasteiger partial charge on any atom is 0.251 e. The van der Waals surface area contributed by atoms with Gasteiger partial charge in [-0.2, -0.15) is 0 Å². The van der Waals surface area contributed by atoms with Crippen LogP contribution in [0.2, 0.25) is 0 Å². The minimum absolute atomic E-state index is 0.105. The van der Waals surface area contributed by atoms with Crippen molar-refractivity contribution in [3.8, 4) is 17.1 Å². The molecule has 3 N–H and O–H groups in total. The third-order valence-corrected chi connectivity index (χ3v) is 6.51. The number of rotatable bonds is 7. The van der Waals surface area contributed by atoms with Crippen LogP contribution < -0.4 is 11.1 Å². The fraction of sp³-hybridized carbons (Fsp3) is 0.130. The van der Waals surface area contributed by atoms with Crippen molar-refractivity contribution >= 4 is 39.9 Å². The SMILES string of the molecule is Cc1ccc(-c2nnc(SCC(=O)Nc3sccc3C(N)=O)n2-c2ccc(C)cc2)cc1. The van der Waals surface area contributed by atoms with E-state index >= 15 is 0 Å². The summed E-state index contributed by atoms with van der Waals surface area (Å²) in [6.07, 6.45) is 0. The molecule has 32 heavy (non-hydrogen) atoms. The summed E-state index contributed by atoms with van der Waals surface area (Å²) in [5.74, 6) is -0.0223. The third-order valence-electron chi connectivity index (χ3n) is 4.75. The molecule has 2 heterocycles. The van der Waals surface area contributed by atoms with Crippen LogP contribution in [0.15, 0.2) is 65.1 Å². The number of nitrogens with one attached hydrogen (secondary N) is 1. The number of nitrogens with zero attached hydrogens (tertiary/aromatic N) is 3. The van der Waals surface area contributed by atoms with Crippen molar-refractivity contribution in [1.29, 1.82) is 0 Å². The summed E-state index contributed by atoms with van der Waals surface area (Å²) < 4.78 is 1.95. The van der Waals surface area contributed by atoms with E-state index in [1.54, 1.807) is 11.4 Å². The molecule has 0 unspecified atom stereocenters. The number of primary amides is 1. The van der Waals surface area contributed by atoms with Crippen molar-refractivity contribution in [2.24, 2.45) is 5.73 Å². The molecule has 2 aromatic carbocycles. The van der Waals surface area contributed by atoms with Gasteiger partial charge in [-0.25, -0.2) is 0 Å². The lowest BCUT2D eigenvalue weighted by Gasteiger charge is -2.11. The van der Waals surface area contributed by atoms with Crippen molar-refractivity contribution in [2.45, 2.75) is 19.0 Å². The average molecular weight is 464 g/mol. The molecule has 0 spiro atoms. The Bertz CT molecular complexity index is 1260. The molecular weight excluding hydrogens is 442 g/mol. The van der Waals surface area contributed by atoms with Gasteiger partial charge in [0.2, 0.25) is 5.91 Å². The van der Waals surface area contributed by atoms with E-state index in [2.05, 4.69) is 15.5 Å². The van der Waals surface area contributed by atoms with Crippen LogP contribution >= 0.6 is 23.1 Å². The molecule has 0 atom stereocenters. The van der Waals surface area contributed by atoms with Gasteiger partial charge in [-0.3, -0.25) is 14.2 Å². The monoisotopic (exact) mass is 463 g/mol. The highest BCUT2D eigenvalue weighted by molar-refractivity contribution is 7.99. The second-order valence-electron chi connectivity index (χ2n) is 7.21. The van der Waals surface area contributed by atoms with Crippen LogP contribution in [0.4, 0.5) is 5.00 Å². The summed E-state index contributed by atoms with van der Waals surface area (Å²) in [6.45, 7) is 4.06. The number of carbonyl (C=O) groups excluding carboxylic acids is 2. The summed E-state index contributed by atoms with van der Waals surface area (Å²) in [6, 6.07) is 17.7. The first-order chi connectivity index (χ1) is 15.4. The number of thioether (sulfide) groups is 1. The first-order valence-electron chi connectivity index (χ1n) is 9.82. The van der Waals surface area contributed by atoms with Gasteiger partial charge < -0.3 is 11.1 Å². The number of hydrogen-bond acceptors (Lipinski definition) is 6. The predicted octanol–water partition coefficient (Wildman–Crippen LogP) is 4.44. The van der Waals surface area contributed by atoms with Crippen LogP contribution in [-0.2, 0) is 4.79 Å². The normalized spacial score (nSPS) is 10.8. The van der Waals surface area contributed by atoms with Gasteiger partial charge in [0.25, 0.3) is 5.91 Å². The van der Waals surface area contributed by atoms with Crippen molar-refractivity contribution in [3.63, 3.8) is 0 Å². The quantitative estimate of drug-likeness (QED) is 0.394. The largest absolute Gasteiger partial charge is 0.366 e. The minimum atomic E-state index is -0.573. The van der Waals surface area contributed by atoms with E-state index in [4.69, 9.17) is 5.73 Å². The first kappa shape index (κ1) is 21.8. The zero-order valence-corrected chi connectivity index (χ0v) is 19.2. The molecule has 9 heteroatoms. The highest BCUT2D eigenvalue weighted by Crippen LogP contribution is 2.29. The van der Waals surface area contributed by atoms with Gasteiger partial charge in [0, 0.05) is 11.3 Å². The number of aromatic nitrogens is 3. The van der Waals surface area contributed by atoms with E-state index in [-0.39, 0.29) is 11.7 Å². The van der Waals surface area contributed by atoms with Crippen LogP contribution in [-0.4, -0.2) is 32.3 Å². The number of aryl methyl sites for hydroxylation is 2. The maximum absolute atomic E-state index is 12.5. The lowest BCUT2D eigenvalue weighted by Crippen LogP contribution is -2.18. The summed E-state index contributed by atoms with van der Waals surface area (Å²) in [7, 11) is 0. The fourth-order valence-electron chi connectivity index (χ4n) is 3.07. The zero-order valence-electron chi connectivity index (χ0n) is 17.5. The summed E-state index contributed by atoms with van der Waals surface area (Å²) in [5, 5.41) is 14.3. The summed E-state index contributed by atoms with van der Waals surface area (Å²) >= 11 is 2.53. The molecule has 0 saturated carbocycles. The minimum Gasteiger partial charge on any atom is -0.366 e. The molecule has 0 saturated heterocycles. The van der Waals surface area contributed by atoms with Crippen molar-refractivity contribution < 1.29 is 9.59 Å². The molecule has 0 fully saturated rings. The Morgan fingerprint density at radius 2 is 1.66 bits per heavy atom. The smallest absolute Gasteiger partial charge is 0.251 e. The van der Waals surface area contributed by atoms with Gasteiger partial charge in [0.1, 0.15) is 5.00 Å². The molecule has 2 amide bonds. The highest BCUT2D eigenvalue weighted by Gasteiger charge is 2.18. The number of benzene rings is 2. The Kier molecular flexibility index (Phi) is 6.38. The molecule has 2 aromatic heterocycles. The standard InChI is InChI=1S/C23H21N5O2S2/c1-14-3-7-16(8-4-14)21-26-27-23(28(21)17-9-5-15(2)6-10-17)32-13-19(29)25-22-18(20(24)30)11-12-31-22/h3-12H,13H2,1-2H3,(H2,24,30)(H,25,29). The fourth-order valence-corrected chi connectivity index (χ4v) is 4.63. The second kappa shape index (κ2) is 9.37. The molecular formula is C23H21N5O2S2. The Labute approximate surface area is 193 Å². The van der Waals surface area contributed by atoms with Gasteiger partial charge in [-0.1, -0.05) is 59.3 Å². The zero-order chi connectivity index (χ0) is 22.7. The maximum atomic E-state index is 12.5. The van der Waals surface area contributed by atoms with Gasteiger partial charge in [-0.05, 0) is 37.4 Å². The number of amides is 2. The Morgan fingerprint density at radius 1 is 1.00 bits per heavy atom. The Morgan fingerprint density at radius 3 is 2.31 bits per heavy atom. The van der Waals surface area contributed by atoms with Crippen molar-refractivity contribution in [3.05, 3.63) is 76.7 Å². The lowest BCUT2D eigenvalue weighted by atomic mass is 10.1. The topological polar surface area (TPSA) is 103 Å².